The topological polar surface area (TPSA) is 55.6 Å². The molecule has 2 aromatic heterocycles. The first-order valence-corrected chi connectivity index (χ1v) is 7.25. The van der Waals surface area contributed by atoms with Gasteiger partial charge >= 0.3 is 0 Å². The molecule has 2 rings (SSSR count). The van der Waals surface area contributed by atoms with Crippen molar-refractivity contribution in [2.45, 2.75) is 46.2 Å². The molecule has 2 heterocycles. The lowest BCUT2D eigenvalue weighted by Gasteiger charge is -2.17. The Balaban J connectivity index is 2.11. The summed E-state index contributed by atoms with van der Waals surface area (Å²) in [5, 5.41) is 8.12. The van der Waals surface area contributed by atoms with E-state index in [9.17, 15) is 0 Å². The Morgan fingerprint density at radius 2 is 2.20 bits per heavy atom. The molecule has 0 bridgehead atoms. The molecule has 20 heavy (non-hydrogen) atoms. The maximum Gasteiger partial charge on any atom is 0.137 e. The molecular formula is C14H20ClN5. The Labute approximate surface area is 124 Å². The van der Waals surface area contributed by atoms with Gasteiger partial charge in [0, 0.05) is 30.4 Å². The van der Waals surface area contributed by atoms with E-state index in [1.165, 1.54) is 0 Å². The summed E-state index contributed by atoms with van der Waals surface area (Å²) >= 11 is 6.17. The van der Waals surface area contributed by atoms with Gasteiger partial charge in [0.05, 0.1) is 6.54 Å². The first-order chi connectivity index (χ1) is 9.60. The van der Waals surface area contributed by atoms with E-state index in [0.29, 0.717) is 5.15 Å². The van der Waals surface area contributed by atoms with E-state index in [2.05, 4.69) is 34.2 Å². The third-order valence-corrected chi connectivity index (χ3v) is 3.38. The second-order valence-corrected chi connectivity index (χ2v) is 5.29. The van der Waals surface area contributed by atoms with Crippen molar-refractivity contribution in [1.82, 2.24) is 19.7 Å². The fourth-order valence-corrected chi connectivity index (χ4v) is 2.16. The fraction of sp³-hybridized carbons (Fsp3) is 0.500. The SMILES string of the molecule is CCCc1nc(Cl)c(C)c(NC(C)Cn2cccn2)n1. The average molecular weight is 294 g/mol. The van der Waals surface area contributed by atoms with Crippen molar-refractivity contribution >= 4 is 17.4 Å². The number of aryl methyl sites for hydroxylation is 1. The molecule has 0 aliphatic heterocycles. The van der Waals surface area contributed by atoms with Crippen LogP contribution in [0.2, 0.25) is 5.15 Å². The van der Waals surface area contributed by atoms with Crippen LogP contribution >= 0.6 is 11.6 Å². The molecular weight excluding hydrogens is 274 g/mol. The Hall–Kier alpha value is -1.62. The summed E-state index contributed by atoms with van der Waals surface area (Å²) in [6, 6.07) is 2.12. The normalized spacial score (nSPS) is 12.4. The smallest absolute Gasteiger partial charge is 0.137 e. The van der Waals surface area contributed by atoms with Crippen LogP contribution in [-0.4, -0.2) is 25.8 Å². The van der Waals surface area contributed by atoms with Gasteiger partial charge in [-0.05, 0) is 26.3 Å². The second kappa shape index (κ2) is 6.70. The summed E-state index contributed by atoms with van der Waals surface area (Å²) in [5.74, 6) is 1.60. The maximum atomic E-state index is 6.17. The summed E-state index contributed by atoms with van der Waals surface area (Å²) in [5.41, 5.74) is 0.888. The number of nitrogens with one attached hydrogen (secondary N) is 1. The van der Waals surface area contributed by atoms with Crippen LogP contribution in [-0.2, 0) is 13.0 Å². The number of hydrogen-bond acceptors (Lipinski definition) is 4. The van der Waals surface area contributed by atoms with Gasteiger partial charge in [-0.2, -0.15) is 5.10 Å². The van der Waals surface area contributed by atoms with Crippen LogP contribution in [0.15, 0.2) is 18.5 Å². The quantitative estimate of drug-likeness (QED) is 0.832. The van der Waals surface area contributed by atoms with Crippen molar-refractivity contribution in [2.75, 3.05) is 5.32 Å². The predicted octanol–water partition coefficient (Wildman–Crippen LogP) is 3.09. The maximum absolute atomic E-state index is 6.17. The molecule has 0 aromatic carbocycles. The van der Waals surface area contributed by atoms with Crippen LogP contribution in [0.5, 0.6) is 0 Å². The highest BCUT2D eigenvalue weighted by atomic mass is 35.5. The van der Waals surface area contributed by atoms with Gasteiger partial charge in [-0.25, -0.2) is 9.97 Å². The molecule has 5 nitrogen and oxygen atoms in total. The molecule has 1 atom stereocenters. The van der Waals surface area contributed by atoms with Crippen LogP contribution in [0.25, 0.3) is 0 Å². The van der Waals surface area contributed by atoms with Crippen molar-refractivity contribution < 1.29 is 0 Å². The van der Waals surface area contributed by atoms with Gasteiger partial charge in [-0.3, -0.25) is 4.68 Å². The lowest BCUT2D eigenvalue weighted by atomic mass is 10.2. The van der Waals surface area contributed by atoms with Crippen molar-refractivity contribution in [2.24, 2.45) is 0 Å². The van der Waals surface area contributed by atoms with E-state index >= 15 is 0 Å². The summed E-state index contributed by atoms with van der Waals surface area (Å²) in [6.07, 6.45) is 5.56. The van der Waals surface area contributed by atoms with Crippen LogP contribution in [0.4, 0.5) is 5.82 Å². The molecule has 108 valence electrons. The summed E-state index contributed by atoms with van der Waals surface area (Å²) < 4.78 is 1.89. The lowest BCUT2D eigenvalue weighted by Crippen LogP contribution is -2.23. The molecule has 0 radical (unpaired) electrons. The second-order valence-electron chi connectivity index (χ2n) is 4.93. The minimum Gasteiger partial charge on any atom is -0.365 e. The molecule has 0 amide bonds. The Kier molecular flexibility index (Phi) is 4.95. The standard InChI is InChI=1S/C14H20ClN5/c1-4-6-12-18-13(15)11(3)14(19-12)17-10(2)9-20-8-5-7-16-20/h5,7-8,10H,4,6,9H2,1-3H3,(H,17,18,19). The summed E-state index contributed by atoms with van der Waals surface area (Å²) in [4.78, 5) is 8.86. The fourth-order valence-electron chi connectivity index (χ4n) is 1.98. The van der Waals surface area contributed by atoms with Crippen molar-refractivity contribution in [1.29, 1.82) is 0 Å². The van der Waals surface area contributed by atoms with E-state index in [1.54, 1.807) is 6.20 Å². The van der Waals surface area contributed by atoms with Gasteiger partial charge in [0.25, 0.3) is 0 Å². The predicted molar refractivity (Wildman–Crippen MR) is 81.1 cm³/mol. The molecule has 6 heteroatoms. The van der Waals surface area contributed by atoms with Crippen molar-refractivity contribution in [3.63, 3.8) is 0 Å². The Morgan fingerprint density at radius 1 is 1.40 bits per heavy atom. The summed E-state index contributed by atoms with van der Waals surface area (Å²) in [6.45, 7) is 6.90. The number of aromatic nitrogens is 4. The number of nitrogens with zero attached hydrogens (tertiary/aromatic N) is 4. The van der Waals surface area contributed by atoms with E-state index in [0.717, 1.165) is 36.6 Å². The largest absolute Gasteiger partial charge is 0.365 e. The first kappa shape index (κ1) is 14.8. The number of anilines is 1. The van der Waals surface area contributed by atoms with Crippen LogP contribution in [0, 0.1) is 6.92 Å². The van der Waals surface area contributed by atoms with Crippen LogP contribution < -0.4 is 5.32 Å². The van der Waals surface area contributed by atoms with Gasteiger partial charge in [-0.15, -0.1) is 0 Å². The number of halogens is 1. The van der Waals surface area contributed by atoms with Gasteiger partial charge in [0.1, 0.15) is 16.8 Å². The zero-order valence-corrected chi connectivity index (χ0v) is 12.9. The van der Waals surface area contributed by atoms with Gasteiger partial charge in [0.15, 0.2) is 0 Å². The minimum atomic E-state index is 0.203. The Bertz CT molecular complexity index is 553. The molecule has 0 saturated heterocycles. The molecule has 0 fully saturated rings. The zero-order chi connectivity index (χ0) is 14.5. The third kappa shape index (κ3) is 3.70. The van der Waals surface area contributed by atoms with Crippen molar-refractivity contribution in [3.8, 4) is 0 Å². The van der Waals surface area contributed by atoms with E-state index in [1.807, 2.05) is 23.9 Å². The van der Waals surface area contributed by atoms with E-state index < -0.39 is 0 Å². The Morgan fingerprint density at radius 3 is 2.85 bits per heavy atom. The monoisotopic (exact) mass is 293 g/mol. The van der Waals surface area contributed by atoms with Gasteiger partial charge in [-0.1, -0.05) is 18.5 Å². The molecule has 2 aromatic rings. The zero-order valence-electron chi connectivity index (χ0n) is 12.1. The van der Waals surface area contributed by atoms with Gasteiger partial charge in [0.2, 0.25) is 0 Å². The number of rotatable bonds is 6. The highest BCUT2D eigenvalue weighted by molar-refractivity contribution is 6.30. The van der Waals surface area contributed by atoms with Gasteiger partial charge < -0.3 is 5.32 Å². The molecule has 0 aliphatic rings. The third-order valence-electron chi connectivity index (χ3n) is 3.01. The first-order valence-electron chi connectivity index (χ1n) is 6.87. The van der Waals surface area contributed by atoms with Crippen LogP contribution in [0.3, 0.4) is 0 Å². The molecule has 1 N–H and O–H groups in total. The van der Waals surface area contributed by atoms with E-state index in [-0.39, 0.29) is 6.04 Å². The van der Waals surface area contributed by atoms with Crippen LogP contribution in [0.1, 0.15) is 31.7 Å². The molecule has 0 aliphatic carbocycles. The summed E-state index contributed by atoms with van der Waals surface area (Å²) in [7, 11) is 0. The van der Waals surface area contributed by atoms with E-state index in [4.69, 9.17) is 11.6 Å². The lowest BCUT2D eigenvalue weighted by molar-refractivity contribution is 0.559. The molecule has 0 spiro atoms. The minimum absolute atomic E-state index is 0.203. The highest BCUT2D eigenvalue weighted by Crippen LogP contribution is 2.21. The molecule has 0 saturated carbocycles. The van der Waals surface area contributed by atoms with Crippen molar-refractivity contribution in [3.05, 3.63) is 35.0 Å². The molecule has 1 unspecified atom stereocenters. The number of hydrogen-bond donors (Lipinski definition) is 1. The average Bonchev–Trinajstić information content (AvgIpc) is 2.88. The highest BCUT2D eigenvalue weighted by Gasteiger charge is 2.12.